The maximum atomic E-state index is 11.5. The Bertz CT molecular complexity index is 416. The first-order valence-corrected chi connectivity index (χ1v) is 11.3. The average Bonchev–Trinajstić information content (AvgIpc) is 2.68. The Morgan fingerprint density at radius 2 is 1.34 bits per heavy atom. The zero-order valence-electron chi connectivity index (χ0n) is 19.0. The molecule has 5 nitrogen and oxygen atoms in total. The monoisotopic (exact) mass is 435 g/mol. The topological polar surface area (TPSA) is 92.5 Å². The number of rotatable bonds is 20. The molecule has 0 heterocycles. The summed E-state index contributed by atoms with van der Waals surface area (Å²) < 4.78 is 5.07. The van der Waals surface area contributed by atoms with Crippen LogP contribution < -0.4 is 62.2 Å². The molecule has 0 aromatic heterocycles. The molecule has 6 heteroatoms. The van der Waals surface area contributed by atoms with Gasteiger partial charge < -0.3 is 20.4 Å². The van der Waals surface area contributed by atoms with Crippen LogP contribution in [0.5, 0.6) is 0 Å². The fourth-order valence-electron chi connectivity index (χ4n) is 3.02. The predicted octanol–water partition coefficient (Wildman–Crippen LogP) is 1.43. The molecule has 2 N–H and O–H groups in total. The Labute approximate surface area is 221 Å². The van der Waals surface area contributed by atoms with Gasteiger partial charge in [0.25, 0.3) is 0 Å². The van der Waals surface area contributed by atoms with E-state index in [1.54, 1.807) is 0 Å². The van der Waals surface area contributed by atoms with E-state index in [1.807, 2.05) is 0 Å². The molecular weight excluding hydrogens is 393 g/mol. The number of carboxylic acids is 1. The van der Waals surface area contributed by atoms with Crippen LogP contribution in [0.2, 0.25) is 0 Å². The summed E-state index contributed by atoms with van der Waals surface area (Å²) in [6.45, 7) is 2.61. The predicted molar refractivity (Wildman–Crippen MR) is 113 cm³/mol. The second-order valence-corrected chi connectivity index (χ2v) is 7.62. The molecule has 0 unspecified atom stereocenters. The molecule has 0 radical (unpaired) electrons. The van der Waals surface area contributed by atoms with Crippen LogP contribution in [0.3, 0.4) is 0 Å². The zero-order valence-corrected chi connectivity index (χ0v) is 22.1. The van der Waals surface area contributed by atoms with E-state index in [0.29, 0.717) is 6.61 Å². The van der Waals surface area contributed by atoms with E-state index < -0.39 is 18.0 Å². The zero-order chi connectivity index (χ0) is 20.9. The fraction of sp³-hybridized carbons (Fsp3) is 0.826. The summed E-state index contributed by atoms with van der Waals surface area (Å²) in [7, 11) is 0. The van der Waals surface area contributed by atoms with E-state index >= 15 is 0 Å². The average molecular weight is 436 g/mol. The molecule has 0 fully saturated rings. The molecular formula is C23H42KNO4. The van der Waals surface area contributed by atoms with E-state index in [4.69, 9.17) is 10.5 Å². The normalized spacial score (nSPS) is 11.9. The summed E-state index contributed by atoms with van der Waals surface area (Å²) in [6, 6.07) is -0.869. The summed E-state index contributed by atoms with van der Waals surface area (Å²) in [6.07, 6.45) is 21.8. The molecule has 0 bridgehead atoms. The molecule has 0 saturated carbocycles. The largest absolute Gasteiger partial charge is 1.00 e. The second kappa shape index (κ2) is 24.5. The van der Waals surface area contributed by atoms with Crippen molar-refractivity contribution in [1.82, 2.24) is 0 Å². The molecule has 0 aliphatic rings. The minimum Gasteiger partial charge on any atom is -0.550 e. The Morgan fingerprint density at radius 3 is 1.86 bits per heavy atom. The Hall–Kier alpha value is 0.276. The first-order chi connectivity index (χ1) is 13.6. The van der Waals surface area contributed by atoms with Gasteiger partial charge in [-0.2, -0.15) is 0 Å². The van der Waals surface area contributed by atoms with Gasteiger partial charge in [-0.3, -0.25) is 4.79 Å². The van der Waals surface area contributed by atoms with Gasteiger partial charge in [-0.1, -0.05) is 76.9 Å². The van der Waals surface area contributed by atoms with Crippen LogP contribution in [0.15, 0.2) is 12.2 Å². The van der Waals surface area contributed by atoms with Crippen molar-refractivity contribution in [3.05, 3.63) is 12.2 Å². The van der Waals surface area contributed by atoms with Crippen molar-refractivity contribution in [3.8, 4) is 0 Å². The van der Waals surface area contributed by atoms with Gasteiger partial charge in [-0.15, -0.1) is 0 Å². The SMILES string of the molecule is CCCCCCCC/C=C\CCCCCCCCOC(=O)[C@@H](N)CCC(=O)[O-].[K+]. The molecule has 0 spiro atoms. The minimum atomic E-state index is -1.20. The van der Waals surface area contributed by atoms with Crippen molar-refractivity contribution in [1.29, 1.82) is 0 Å². The summed E-state index contributed by atoms with van der Waals surface area (Å²) in [5, 5.41) is 10.3. The van der Waals surface area contributed by atoms with Crippen LogP contribution in [0, 0.1) is 0 Å². The summed E-state index contributed by atoms with van der Waals surface area (Å²) in [5.74, 6) is -1.72. The van der Waals surface area contributed by atoms with E-state index in [-0.39, 0.29) is 64.2 Å². The van der Waals surface area contributed by atoms with Gasteiger partial charge in [0.1, 0.15) is 6.04 Å². The summed E-state index contributed by atoms with van der Waals surface area (Å²) in [4.78, 5) is 21.9. The fourth-order valence-corrected chi connectivity index (χ4v) is 3.02. The Morgan fingerprint density at radius 1 is 0.862 bits per heavy atom. The van der Waals surface area contributed by atoms with Gasteiger partial charge in [-0.05, 0) is 44.9 Å². The van der Waals surface area contributed by atoms with Crippen molar-refractivity contribution in [2.75, 3.05) is 6.61 Å². The number of allylic oxidation sites excluding steroid dienone is 2. The van der Waals surface area contributed by atoms with Crippen LogP contribution in [0.4, 0.5) is 0 Å². The van der Waals surface area contributed by atoms with Crippen LogP contribution in [-0.4, -0.2) is 24.6 Å². The molecule has 0 aliphatic carbocycles. The Balaban J connectivity index is 0. The molecule has 164 valence electrons. The molecule has 0 saturated heterocycles. The number of carbonyl (C=O) groups excluding carboxylic acids is 2. The number of aliphatic carboxylic acids is 1. The quantitative estimate of drug-likeness (QED) is 0.135. The number of hydrogen-bond donors (Lipinski definition) is 1. The molecule has 0 rings (SSSR count). The van der Waals surface area contributed by atoms with Gasteiger partial charge in [0, 0.05) is 5.97 Å². The van der Waals surface area contributed by atoms with Gasteiger partial charge in [0.15, 0.2) is 0 Å². The smallest absolute Gasteiger partial charge is 0.550 e. The summed E-state index contributed by atoms with van der Waals surface area (Å²) >= 11 is 0. The van der Waals surface area contributed by atoms with E-state index in [9.17, 15) is 14.7 Å². The molecule has 0 aromatic carbocycles. The molecule has 29 heavy (non-hydrogen) atoms. The number of nitrogens with two attached hydrogens (primary N) is 1. The van der Waals surface area contributed by atoms with E-state index in [1.165, 1.54) is 70.6 Å². The Kier molecular flexibility index (Phi) is 26.6. The van der Waals surface area contributed by atoms with Gasteiger partial charge >= 0.3 is 57.4 Å². The molecule has 1 atom stereocenters. The van der Waals surface area contributed by atoms with Gasteiger partial charge in [0.05, 0.1) is 6.61 Å². The molecule has 0 aliphatic heterocycles. The van der Waals surface area contributed by atoms with Crippen LogP contribution in [0.1, 0.15) is 110 Å². The second-order valence-electron chi connectivity index (χ2n) is 7.62. The number of esters is 1. The number of ether oxygens (including phenoxy) is 1. The van der Waals surface area contributed by atoms with Gasteiger partial charge in [-0.25, -0.2) is 0 Å². The number of carbonyl (C=O) groups is 2. The van der Waals surface area contributed by atoms with Crippen LogP contribution >= 0.6 is 0 Å². The number of hydrogen-bond acceptors (Lipinski definition) is 5. The van der Waals surface area contributed by atoms with E-state index in [0.717, 1.165) is 19.3 Å². The standard InChI is InChI=1S/C23H43NO4.K/c1-2-3-4-5-6-7-8-9-10-11-12-13-14-15-16-17-20-28-23(27)21(24)18-19-22(25)26;/h9-10,21H,2-8,11-20,24H2,1H3,(H,25,26);/q;+1/p-1/b10-9-;/t21-;/m0./s1. The number of carboxylic acid groups (broad SMARTS) is 1. The maximum absolute atomic E-state index is 11.5. The first-order valence-electron chi connectivity index (χ1n) is 11.3. The van der Waals surface area contributed by atoms with Crippen molar-refractivity contribution in [2.45, 2.75) is 116 Å². The third kappa shape index (κ3) is 24.4. The third-order valence-corrected chi connectivity index (χ3v) is 4.86. The third-order valence-electron chi connectivity index (χ3n) is 4.86. The van der Waals surface area contributed by atoms with Crippen LogP contribution in [0.25, 0.3) is 0 Å². The molecule has 0 amide bonds. The van der Waals surface area contributed by atoms with E-state index in [2.05, 4.69) is 19.1 Å². The van der Waals surface area contributed by atoms with Crippen LogP contribution in [-0.2, 0) is 14.3 Å². The first kappa shape index (κ1) is 31.5. The number of unbranched alkanes of at least 4 members (excludes halogenated alkanes) is 12. The van der Waals surface area contributed by atoms with Crippen molar-refractivity contribution < 1.29 is 70.8 Å². The summed E-state index contributed by atoms with van der Waals surface area (Å²) in [5.41, 5.74) is 5.57. The molecule has 0 aromatic rings. The van der Waals surface area contributed by atoms with Crippen molar-refractivity contribution in [3.63, 3.8) is 0 Å². The van der Waals surface area contributed by atoms with Gasteiger partial charge in [0.2, 0.25) is 0 Å². The van der Waals surface area contributed by atoms with Crippen molar-refractivity contribution >= 4 is 11.9 Å². The van der Waals surface area contributed by atoms with Crippen molar-refractivity contribution in [2.24, 2.45) is 5.73 Å². The minimum absolute atomic E-state index is 0. The maximum Gasteiger partial charge on any atom is 1.00 e.